The van der Waals surface area contributed by atoms with Crippen LogP contribution in [0.3, 0.4) is 0 Å². The van der Waals surface area contributed by atoms with Gasteiger partial charge in [-0.15, -0.1) is 0 Å². The summed E-state index contributed by atoms with van der Waals surface area (Å²) >= 11 is 0. The van der Waals surface area contributed by atoms with E-state index in [-0.39, 0.29) is 0 Å². The lowest BCUT2D eigenvalue weighted by atomic mass is 9.95. The first kappa shape index (κ1) is 13.3. The summed E-state index contributed by atoms with van der Waals surface area (Å²) in [7, 11) is 0. The second-order valence-electron chi connectivity index (χ2n) is 5.32. The molecule has 1 aliphatic carbocycles. The van der Waals surface area contributed by atoms with Gasteiger partial charge in [0.05, 0.1) is 12.8 Å². The molecule has 0 aromatic carbocycles. The van der Waals surface area contributed by atoms with Crippen molar-refractivity contribution < 1.29 is 4.74 Å². The van der Waals surface area contributed by atoms with Gasteiger partial charge >= 0.3 is 0 Å². The molecule has 1 aliphatic rings. The Morgan fingerprint density at radius 2 is 2.17 bits per heavy atom. The predicted molar refractivity (Wildman–Crippen MR) is 74.1 cm³/mol. The van der Waals surface area contributed by atoms with Crippen LogP contribution in [0.2, 0.25) is 0 Å². The molecular formula is C15H24N2O. The van der Waals surface area contributed by atoms with Crippen LogP contribution in [0.25, 0.3) is 0 Å². The van der Waals surface area contributed by atoms with Crippen LogP contribution in [0.5, 0.6) is 5.75 Å². The topological polar surface area (TPSA) is 34.1 Å². The number of hydrogen-bond donors (Lipinski definition) is 1. The van der Waals surface area contributed by atoms with Gasteiger partial charge in [0, 0.05) is 18.3 Å². The number of rotatable bonds is 7. The van der Waals surface area contributed by atoms with Crippen molar-refractivity contribution >= 4 is 0 Å². The van der Waals surface area contributed by atoms with Gasteiger partial charge in [0.15, 0.2) is 0 Å². The second kappa shape index (κ2) is 6.19. The van der Waals surface area contributed by atoms with Gasteiger partial charge < -0.3 is 10.1 Å². The van der Waals surface area contributed by atoms with Crippen molar-refractivity contribution in [3.8, 4) is 5.75 Å². The third-order valence-corrected chi connectivity index (χ3v) is 3.56. The quantitative estimate of drug-likeness (QED) is 0.805. The van der Waals surface area contributed by atoms with E-state index < -0.39 is 0 Å². The summed E-state index contributed by atoms with van der Waals surface area (Å²) in [5.74, 6) is 1.35. The van der Waals surface area contributed by atoms with Crippen molar-refractivity contribution in [2.75, 3.05) is 6.61 Å². The average molecular weight is 248 g/mol. The Kier molecular flexibility index (Phi) is 4.59. The summed E-state index contributed by atoms with van der Waals surface area (Å²) in [6, 6.07) is 3.36. The van der Waals surface area contributed by atoms with Crippen LogP contribution in [0.15, 0.2) is 18.5 Å². The molecule has 0 aliphatic heterocycles. The van der Waals surface area contributed by atoms with E-state index in [0.29, 0.717) is 12.0 Å². The third-order valence-electron chi connectivity index (χ3n) is 3.56. The summed E-state index contributed by atoms with van der Waals surface area (Å²) in [5.41, 5.74) is 1.25. The first-order chi connectivity index (χ1) is 8.70. The molecular weight excluding hydrogens is 224 g/mol. The maximum atomic E-state index is 5.64. The second-order valence-corrected chi connectivity index (χ2v) is 5.32. The van der Waals surface area contributed by atoms with Crippen LogP contribution in [0, 0.1) is 0 Å². The standard InChI is InChI=1S/C15H24N2O/c1-4-7-18-15-8-13(9-16-10-15)11(2)12(3)17-14-5-6-14/h8-12,14,17H,4-7H2,1-3H3. The molecule has 0 radical (unpaired) electrons. The molecule has 2 unspecified atom stereocenters. The minimum atomic E-state index is 0.461. The smallest absolute Gasteiger partial charge is 0.137 e. The van der Waals surface area contributed by atoms with E-state index in [9.17, 15) is 0 Å². The van der Waals surface area contributed by atoms with Crippen LogP contribution in [0.4, 0.5) is 0 Å². The van der Waals surface area contributed by atoms with E-state index in [1.54, 1.807) is 6.20 Å². The largest absolute Gasteiger partial charge is 0.492 e. The number of aromatic nitrogens is 1. The lowest BCUT2D eigenvalue weighted by molar-refractivity contribution is 0.315. The van der Waals surface area contributed by atoms with E-state index >= 15 is 0 Å². The zero-order valence-corrected chi connectivity index (χ0v) is 11.6. The summed E-state index contributed by atoms with van der Waals surface area (Å²) in [6.07, 6.45) is 7.43. The monoisotopic (exact) mass is 248 g/mol. The fourth-order valence-electron chi connectivity index (χ4n) is 2.04. The van der Waals surface area contributed by atoms with Gasteiger partial charge in [-0.25, -0.2) is 0 Å². The van der Waals surface area contributed by atoms with Crippen LogP contribution in [-0.4, -0.2) is 23.7 Å². The Morgan fingerprint density at radius 3 is 2.83 bits per heavy atom. The van der Waals surface area contributed by atoms with Gasteiger partial charge in [-0.3, -0.25) is 4.98 Å². The molecule has 0 saturated heterocycles. The van der Waals surface area contributed by atoms with E-state index in [2.05, 4.69) is 37.1 Å². The van der Waals surface area contributed by atoms with E-state index in [4.69, 9.17) is 4.74 Å². The van der Waals surface area contributed by atoms with Crippen molar-refractivity contribution in [3.05, 3.63) is 24.0 Å². The minimum Gasteiger partial charge on any atom is -0.492 e. The number of hydrogen-bond acceptors (Lipinski definition) is 3. The maximum absolute atomic E-state index is 5.64. The van der Waals surface area contributed by atoms with Gasteiger partial charge in [0.2, 0.25) is 0 Å². The Hall–Kier alpha value is -1.09. The number of nitrogens with zero attached hydrogens (tertiary/aromatic N) is 1. The Balaban J connectivity index is 1.96. The van der Waals surface area contributed by atoms with Crippen molar-refractivity contribution in [1.82, 2.24) is 10.3 Å². The number of nitrogens with one attached hydrogen (secondary N) is 1. The average Bonchev–Trinajstić information content (AvgIpc) is 3.19. The van der Waals surface area contributed by atoms with Crippen LogP contribution < -0.4 is 10.1 Å². The summed E-state index contributed by atoms with van der Waals surface area (Å²) < 4.78 is 5.64. The van der Waals surface area contributed by atoms with Crippen molar-refractivity contribution in [2.45, 2.75) is 58.0 Å². The molecule has 1 aromatic rings. The highest BCUT2D eigenvalue weighted by atomic mass is 16.5. The molecule has 1 fully saturated rings. The minimum absolute atomic E-state index is 0.461. The van der Waals surface area contributed by atoms with Crippen LogP contribution in [0.1, 0.15) is 51.5 Å². The molecule has 1 heterocycles. The number of pyridine rings is 1. The maximum Gasteiger partial charge on any atom is 0.137 e. The summed E-state index contributed by atoms with van der Waals surface area (Å²) in [5, 5.41) is 3.65. The van der Waals surface area contributed by atoms with Gasteiger partial charge in [0.25, 0.3) is 0 Å². The Bertz CT molecular complexity index is 377. The molecule has 0 amide bonds. The highest BCUT2D eigenvalue weighted by Gasteiger charge is 2.25. The molecule has 3 nitrogen and oxygen atoms in total. The van der Waals surface area contributed by atoms with E-state index in [1.165, 1.54) is 18.4 Å². The fourth-order valence-corrected chi connectivity index (χ4v) is 2.04. The van der Waals surface area contributed by atoms with Gasteiger partial charge in [-0.2, -0.15) is 0 Å². The first-order valence-corrected chi connectivity index (χ1v) is 7.04. The third kappa shape index (κ3) is 3.70. The van der Waals surface area contributed by atoms with E-state index in [1.807, 2.05) is 6.20 Å². The predicted octanol–water partition coefficient (Wildman–Crippen LogP) is 3.11. The van der Waals surface area contributed by atoms with Crippen molar-refractivity contribution in [1.29, 1.82) is 0 Å². The summed E-state index contributed by atoms with van der Waals surface area (Å²) in [6.45, 7) is 7.38. The fraction of sp³-hybridized carbons (Fsp3) is 0.667. The summed E-state index contributed by atoms with van der Waals surface area (Å²) in [4.78, 5) is 4.28. The molecule has 1 aromatic heterocycles. The molecule has 0 bridgehead atoms. The highest BCUT2D eigenvalue weighted by molar-refractivity contribution is 5.27. The zero-order chi connectivity index (χ0) is 13.0. The number of ether oxygens (including phenoxy) is 1. The van der Waals surface area contributed by atoms with Gasteiger partial charge in [-0.05, 0) is 43.7 Å². The SMILES string of the molecule is CCCOc1cncc(C(C)C(C)NC2CC2)c1. The lowest BCUT2D eigenvalue weighted by Gasteiger charge is -2.21. The van der Waals surface area contributed by atoms with Gasteiger partial charge in [-0.1, -0.05) is 13.8 Å². The molecule has 0 spiro atoms. The normalized spacial score (nSPS) is 18.4. The molecule has 2 rings (SSSR count). The molecule has 1 saturated carbocycles. The van der Waals surface area contributed by atoms with Crippen molar-refractivity contribution in [2.24, 2.45) is 0 Å². The first-order valence-electron chi connectivity index (χ1n) is 7.04. The van der Waals surface area contributed by atoms with Gasteiger partial charge in [0.1, 0.15) is 5.75 Å². The van der Waals surface area contributed by atoms with E-state index in [0.717, 1.165) is 24.8 Å². The Morgan fingerprint density at radius 1 is 1.39 bits per heavy atom. The molecule has 1 N–H and O–H groups in total. The van der Waals surface area contributed by atoms with Crippen LogP contribution >= 0.6 is 0 Å². The molecule has 18 heavy (non-hydrogen) atoms. The molecule has 3 heteroatoms. The van der Waals surface area contributed by atoms with Crippen molar-refractivity contribution in [3.63, 3.8) is 0 Å². The molecule has 2 atom stereocenters. The van der Waals surface area contributed by atoms with Crippen LogP contribution in [-0.2, 0) is 0 Å². The highest BCUT2D eigenvalue weighted by Crippen LogP contribution is 2.26. The lowest BCUT2D eigenvalue weighted by Crippen LogP contribution is -2.32. The Labute approximate surface area is 110 Å². The molecule has 100 valence electrons. The zero-order valence-electron chi connectivity index (χ0n) is 11.6.